The number of aliphatic imine (C=N–C) groups is 1. The average Bonchev–Trinajstić information content (AvgIpc) is 3.17. The topological polar surface area (TPSA) is 70.4 Å². The molecule has 0 unspecified atom stereocenters. The lowest BCUT2D eigenvalue weighted by molar-refractivity contribution is 0.226. The van der Waals surface area contributed by atoms with Crippen LogP contribution in [0.15, 0.2) is 4.99 Å². The lowest BCUT2D eigenvalue weighted by Crippen LogP contribution is -2.45. The zero-order chi connectivity index (χ0) is 18.9. The second-order valence-electron chi connectivity index (χ2n) is 7.73. The second kappa shape index (κ2) is 12.5. The van der Waals surface area contributed by atoms with E-state index in [1.54, 1.807) is 0 Å². The molecule has 0 aromatic carbocycles. The highest BCUT2D eigenvalue weighted by Crippen LogP contribution is 2.17. The SMILES string of the molecule is CCCCNC(=NCc1nnc(C)n1C)NC[C@H]1CCCN1CC(C)C.I. The molecule has 27 heavy (non-hydrogen) atoms. The van der Waals surface area contributed by atoms with Crippen LogP contribution in [0.1, 0.15) is 58.1 Å². The van der Waals surface area contributed by atoms with Crippen LogP contribution in [0.3, 0.4) is 0 Å². The molecule has 0 bridgehead atoms. The summed E-state index contributed by atoms with van der Waals surface area (Å²) in [6.07, 6.45) is 4.89. The number of unbranched alkanes of at least 4 members (excludes halogenated alkanes) is 1. The lowest BCUT2D eigenvalue weighted by Gasteiger charge is -2.27. The van der Waals surface area contributed by atoms with E-state index in [-0.39, 0.29) is 24.0 Å². The normalized spacial score (nSPS) is 18.0. The van der Waals surface area contributed by atoms with Crippen molar-refractivity contribution in [3.8, 4) is 0 Å². The summed E-state index contributed by atoms with van der Waals surface area (Å²) in [6.45, 7) is 13.6. The highest BCUT2D eigenvalue weighted by Gasteiger charge is 2.24. The molecule has 0 saturated carbocycles. The smallest absolute Gasteiger partial charge is 0.191 e. The van der Waals surface area contributed by atoms with Crippen LogP contribution in [0, 0.1) is 12.8 Å². The maximum absolute atomic E-state index is 4.74. The van der Waals surface area contributed by atoms with Crippen molar-refractivity contribution >= 4 is 29.9 Å². The zero-order valence-corrected chi connectivity index (χ0v) is 20.0. The van der Waals surface area contributed by atoms with Gasteiger partial charge in [0.1, 0.15) is 12.4 Å². The van der Waals surface area contributed by atoms with E-state index in [0.717, 1.165) is 37.1 Å². The van der Waals surface area contributed by atoms with Gasteiger partial charge in [-0.2, -0.15) is 0 Å². The van der Waals surface area contributed by atoms with Crippen molar-refractivity contribution in [1.82, 2.24) is 30.3 Å². The summed E-state index contributed by atoms with van der Waals surface area (Å²) in [5.74, 6) is 3.40. The van der Waals surface area contributed by atoms with Crippen LogP contribution < -0.4 is 10.6 Å². The van der Waals surface area contributed by atoms with Gasteiger partial charge < -0.3 is 15.2 Å². The van der Waals surface area contributed by atoms with Gasteiger partial charge in [0.25, 0.3) is 0 Å². The van der Waals surface area contributed by atoms with Gasteiger partial charge in [0.15, 0.2) is 11.8 Å². The zero-order valence-electron chi connectivity index (χ0n) is 17.7. The molecule has 2 rings (SSSR count). The van der Waals surface area contributed by atoms with Gasteiger partial charge in [-0.05, 0) is 38.6 Å². The summed E-state index contributed by atoms with van der Waals surface area (Å²) in [4.78, 5) is 7.36. The van der Waals surface area contributed by atoms with E-state index in [9.17, 15) is 0 Å². The molecule has 0 radical (unpaired) electrons. The van der Waals surface area contributed by atoms with Crippen LogP contribution in [0.5, 0.6) is 0 Å². The Morgan fingerprint density at radius 1 is 1.30 bits per heavy atom. The minimum absolute atomic E-state index is 0. The third-order valence-corrected chi connectivity index (χ3v) is 4.99. The maximum atomic E-state index is 4.74. The predicted molar refractivity (Wildman–Crippen MR) is 123 cm³/mol. The van der Waals surface area contributed by atoms with Crippen LogP contribution in [0.2, 0.25) is 0 Å². The Labute approximate surface area is 181 Å². The molecular weight excluding hydrogens is 453 g/mol. The Morgan fingerprint density at radius 3 is 2.70 bits per heavy atom. The van der Waals surface area contributed by atoms with Crippen molar-refractivity contribution in [2.75, 3.05) is 26.2 Å². The Morgan fingerprint density at radius 2 is 2.07 bits per heavy atom. The molecule has 8 heteroatoms. The number of guanidine groups is 1. The third kappa shape index (κ3) is 7.93. The van der Waals surface area contributed by atoms with Gasteiger partial charge in [0.2, 0.25) is 0 Å². The molecule has 1 aliphatic heterocycles. The van der Waals surface area contributed by atoms with Gasteiger partial charge in [-0.3, -0.25) is 4.90 Å². The van der Waals surface area contributed by atoms with Crippen molar-refractivity contribution < 1.29 is 0 Å². The van der Waals surface area contributed by atoms with Crippen LogP contribution in [0.4, 0.5) is 0 Å². The fourth-order valence-electron chi connectivity index (χ4n) is 3.35. The maximum Gasteiger partial charge on any atom is 0.191 e. The Kier molecular flexibility index (Phi) is 11.2. The fourth-order valence-corrected chi connectivity index (χ4v) is 3.35. The molecule has 2 N–H and O–H groups in total. The van der Waals surface area contributed by atoms with Gasteiger partial charge in [0, 0.05) is 32.7 Å². The number of hydrogen-bond acceptors (Lipinski definition) is 4. The molecular formula is C19H38IN7. The third-order valence-electron chi connectivity index (χ3n) is 4.99. The molecule has 1 aromatic heterocycles. The number of aryl methyl sites for hydroxylation is 1. The molecule has 7 nitrogen and oxygen atoms in total. The van der Waals surface area contributed by atoms with Crippen molar-refractivity contribution in [3.63, 3.8) is 0 Å². The van der Waals surface area contributed by atoms with Gasteiger partial charge in [-0.15, -0.1) is 34.2 Å². The highest BCUT2D eigenvalue weighted by atomic mass is 127. The van der Waals surface area contributed by atoms with Gasteiger partial charge in [-0.25, -0.2) is 4.99 Å². The van der Waals surface area contributed by atoms with E-state index < -0.39 is 0 Å². The lowest BCUT2D eigenvalue weighted by atomic mass is 10.1. The molecule has 1 aromatic rings. The van der Waals surface area contributed by atoms with Crippen LogP contribution in [0.25, 0.3) is 0 Å². The quantitative estimate of drug-likeness (QED) is 0.241. The van der Waals surface area contributed by atoms with E-state index in [0.29, 0.717) is 18.5 Å². The molecule has 156 valence electrons. The molecule has 0 spiro atoms. The molecule has 1 aliphatic rings. The first-order chi connectivity index (χ1) is 12.5. The minimum atomic E-state index is 0. The number of halogens is 1. The number of hydrogen-bond donors (Lipinski definition) is 2. The van der Waals surface area contributed by atoms with Gasteiger partial charge in [-0.1, -0.05) is 27.2 Å². The molecule has 2 heterocycles. The first-order valence-electron chi connectivity index (χ1n) is 10.1. The van der Waals surface area contributed by atoms with Crippen LogP contribution in [-0.2, 0) is 13.6 Å². The number of aromatic nitrogens is 3. The second-order valence-corrected chi connectivity index (χ2v) is 7.73. The molecule has 1 saturated heterocycles. The Balaban J connectivity index is 0.00000364. The van der Waals surface area contributed by atoms with Crippen LogP contribution in [-0.4, -0.2) is 57.8 Å². The van der Waals surface area contributed by atoms with E-state index in [1.165, 1.54) is 32.4 Å². The summed E-state index contributed by atoms with van der Waals surface area (Å²) in [6, 6.07) is 0.604. The Bertz CT molecular complexity index is 570. The Hall–Kier alpha value is -0.900. The predicted octanol–water partition coefficient (Wildman–Crippen LogP) is 2.70. The number of rotatable bonds is 9. The van der Waals surface area contributed by atoms with Gasteiger partial charge >= 0.3 is 0 Å². The first-order valence-corrected chi connectivity index (χ1v) is 10.1. The number of likely N-dealkylation sites (tertiary alicyclic amines) is 1. The van der Waals surface area contributed by atoms with Crippen molar-refractivity contribution in [1.29, 1.82) is 0 Å². The van der Waals surface area contributed by atoms with E-state index in [2.05, 4.69) is 46.5 Å². The summed E-state index contributed by atoms with van der Waals surface area (Å²) < 4.78 is 1.99. The summed E-state index contributed by atoms with van der Waals surface area (Å²) >= 11 is 0. The molecule has 0 aliphatic carbocycles. The van der Waals surface area contributed by atoms with Crippen LogP contribution >= 0.6 is 24.0 Å². The largest absolute Gasteiger partial charge is 0.356 e. The van der Waals surface area contributed by atoms with Crippen molar-refractivity contribution in [2.24, 2.45) is 18.0 Å². The monoisotopic (exact) mass is 491 g/mol. The standard InChI is InChI=1S/C19H37N7.HI/c1-6-7-10-20-19(22-13-18-24-23-16(4)25(18)5)21-12-17-9-8-11-26(17)14-15(2)3;/h15,17H,6-14H2,1-5H3,(H2,20,21,22);1H/t17-;/m1./s1. The highest BCUT2D eigenvalue weighted by molar-refractivity contribution is 14.0. The molecule has 0 amide bonds. The molecule has 1 atom stereocenters. The van der Waals surface area contributed by atoms with Gasteiger partial charge in [0.05, 0.1) is 0 Å². The first kappa shape index (κ1) is 24.1. The average molecular weight is 491 g/mol. The van der Waals surface area contributed by atoms with E-state index >= 15 is 0 Å². The van der Waals surface area contributed by atoms with Crippen molar-refractivity contribution in [2.45, 2.75) is 66.0 Å². The molecule has 1 fully saturated rings. The number of nitrogens with zero attached hydrogens (tertiary/aromatic N) is 5. The van der Waals surface area contributed by atoms with E-state index in [1.807, 2.05) is 18.5 Å². The van der Waals surface area contributed by atoms with E-state index in [4.69, 9.17) is 4.99 Å². The summed E-state index contributed by atoms with van der Waals surface area (Å²) in [5, 5.41) is 15.3. The minimum Gasteiger partial charge on any atom is -0.356 e. The van der Waals surface area contributed by atoms with Crippen molar-refractivity contribution in [3.05, 3.63) is 11.6 Å². The fraction of sp³-hybridized carbons (Fsp3) is 0.842. The summed E-state index contributed by atoms with van der Waals surface area (Å²) in [5.41, 5.74) is 0. The summed E-state index contributed by atoms with van der Waals surface area (Å²) in [7, 11) is 1.99. The number of nitrogens with one attached hydrogen (secondary N) is 2.